The largest absolute Gasteiger partial charge is 0.393 e. The summed E-state index contributed by atoms with van der Waals surface area (Å²) in [5.74, 6) is -0.541. The lowest BCUT2D eigenvalue weighted by atomic mass is 10.2. The lowest BCUT2D eigenvalue weighted by molar-refractivity contribution is 0.0700. The molecule has 0 spiro atoms. The van der Waals surface area contributed by atoms with Gasteiger partial charge in [-0.1, -0.05) is 12.2 Å². The maximum atomic E-state index is 13.1. The lowest BCUT2D eigenvalue weighted by Gasteiger charge is -2.22. The summed E-state index contributed by atoms with van der Waals surface area (Å²) in [5, 5.41) is 0. The summed E-state index contributed by atoms with van der Waals surface area (Å²) in [7, 11) is 1.57. The molecule has 0 aliphatic carbocycles. The molecule has 1 aromatic rings. The number of hydrogen-bond acceptors (Lipinski definition) is 3. The van der Waals surface area contributed by atoms with Crippen LogP contribution in [0.1, 0.15) is 16.8 Å². The van der Waals surface area contributed by atoms with Gasteiger partial charge in [0, 0.05) is 30.2 Å². The molecule has 0 aromatic heterocycles. The predicted molar refractivity (Wildman–Crippen MR) is 88.3 cm³/mol. The van der Waals surface area contributed by atoms with Crippen molar-refractivity contribution in [3.8, 4) is 0 Å². The summed E-state index contributed by atoms with van der Waals surface area (Å²) in [4.78, 5) is 14.4. The number of nitrogens with two attached hydrogens (primary N) is 1. The minimum atomic E-state index is -0.363. The van der Waals surface area contributed by atoms with Crippen LogP contribution in [-0.2, 0) is 4.74 Å². The second-order valence-electron chi connectivity index (χ2n) is 4.13. The Morgan fingerprint density at radius 3 is 2.75 bits per heavy atom. The molecule has 110 valence electrons. The Morgan fingerprint density at radius 2 is 2.20 bits per heavy atom. The zero-order chi connectivity index (χ0) is 15.1. The topological polar surface area (TPSA) is 55.6 Å². The Bertz CT molecular complexity index is 499. The van der Waals surface area contributed by atoms with Crippen molar-refractivity contribution in [1.82, 2.24) is 4.90 Å². The van der Waals surface area contributed by atoms with E-state index in [2.05, 4.69) is 0 Å². The van der Waals surface area contributed by atoms with Crippen molar-refractivity contribution in [1.29, 1.82) is 0 Å². The Morgan fingerprint density at radius 1 is 1.50 bits per heavy atom. The minimum Gasteiger partial charge on any atom is -0.393 e. The zero-order valence-corrected chi connectivity index (χ0v) is 14.0. The third kappa shape index (κ3) is 5.29. The van der Waals surface area contributed by atoms with Crippen molar-refractivity contribution in [3.05, 3.63) is 33.1 Å². The third-order valence-electron chi connectivity index (χ3n) is 2.64. The van der Waals surface area contributed by atoms with E-state index in [1.165, 1.54) is 18.2 Å². The van der Waals surface area contributed by atoms with Gasteiger partial charge >= 0.3 is 0 Å². The van der Waals surface area contributed by atoms with Crippen molar-refractivity contribution in [2.75, 3.05) is 26.8 Å². The number of thiocarbonyl (C=S) groups is 1. The second kappa shape index (κ2) is 8.48. The molecule has 0 unspecified atom stereocenters. The number of benzene rings is 1. The van der Waals surface area contributed by atoms with Crippen LogP contribution in [0.15, 0.2) is 18.2 Å². The Hall–Kier alpha value is -0.800. The quantitative estimate of drug-likeness (QED) is 0.553. The van der Waals surface area contributed by atoms with E-state index < -0.39 is 0 Å². The first-order valence-corrected chi connectivity index (χ1v) is 7.46. The highest BCUT2D eigenvalue weighted by atomic mass is 127. The average Bonchev–Trinajstić information content (AvgIpc) is 2.38. The fraction of sp³-hybridized carbons (Fsp3) is 0.385. The van der Waals surface area contributed by atoms with Gasteiger partial charge in [-0.05, 0) is 40.8 Å². The molecule has 0 heterocycles. The number of ether oxygens (including phenoxy) is 1. The van der Waals surface area contributed by atoms with Gasteiger partial charge in [-0.2, -0.15) is 0 Å². The van der Waals surface area contributed by atoms with E-state index in [1.807, 2.05) is 22.6 Å². The first-order valence-electron chi connectivity index (χ1n) is 5.97. The van der Waals surface area contributed by atoms with E-state index in [-0.39, 0.29) is 11.7 Å². The summed E-state index contributed by atoms with van der Waals surface area (Å²) in [6.07, 6.45) is 0.447. The second-order valence-corrected chi connectivity index (χ2v) is 5.81. The molecule has 0 bridgehead atoms. The van der Waals surface area contributed by atoms with Gasteiger partial charge in [0.1, 0.15) is 5.82 Å². The number of carbonyl (C=O) groups is 1. The molecule has 0 saturated carbocycles. The molecule has 1 aromatic carbocycles. The molecule has 0 saturated heterocycles. The molecule has 0 aliphatic rings. The van der Waals surface area contributed by atoms with Crippen molar-refractivity contribution < 1.29 is 13.9 Å². The minimum absolute atomic E-state index is 0.178. The molecule has 0 fully saturated rings. The smallest absolute Gasteiger partial charge is 0.255 e. The maximum absolute atomic E-state index is 13.1. The van der Waals surface area contributed by atoms with E-state index in [9.17, 15) is 9.18 Å². The van der Waals surface area contributed by atoms with E-state index in [0.717, 1.165) is 0 Å². The van der Waals surface area contributed by atoms with Crippen LogP contribution in [0, 0.1) is 9.39 Å². The highest BCUT2D eigenvalue weighted by Gasteiger charge is 2.18. The molecule has 4 nitrogen and oxygen atoms in total. The van der Waals surface area contributed by atoms with Gasteiger partial charge in [0.25, 0.3) is 5.91 Å². The molecule has 0 aliphatic heterocycles. The number of nitrogens with zero attached hydrogens (tertiary/aromatic N) is 1. The molecular formula is C13H16FIN2O2S. The molecule has 1 rings (SSSR count). The number of carbonyl (C=O) groups excluding carboxylic acids is 1. The van der Waals surface area contributed by atoms with Gasteiger partial charge in [-0.25, -0.2) is 4.39 Å². The fourth-order valence-corrected chi connectivity index (χ4v) is 2.39. The molecule has 0 atom stereocenters. The first kappa shape index (κ1) is 17.3. The Kier molecular flexibility index (Phi) is 7.31. The maximum Gasteiger partial charge on any atom is 0.255 e. The van der Waals surface area contributed by atoms with E-state index in [1.54, 1.807) is 12.0 Å². The van der Waals surface area contributed by atoms with Crippen LogP contribution in [0.2, 0.25) is 0 Å². The molecule has 1 amide bonds. The third-order valence-corrected chi connectivity index (χ3v) is 3.74. The monoisotopic (exact) mass is 410 g/mol. The van der Waals surface area contributed by atoms with E-state index in [4.69, 9.17) is 22.7 Å². The highest BCUT2D eigenvalue weighted by Crippen LogP contribution is 2.16. The van der Waals surface area contributed by atoms with Crippen LogP contribution in [0.25, 0.3) is 0 Å². The number of amides is 1. The zero-order valence-electron chi connectivity index (χ0n) is 11.1. The average molecular weight is 410 g/mol. The number of hydrogen-bond donors (Lipinski definition) is 1. The molecule has 20 heavy (non-hydrogen) atoms. The summed E-state index contributed by atoms with van der Waals surface area (Å²) >= 11 is 6.77. The summed E-state index contributed by atoms with van der Waals surface area (Å²) in [6.45, 7) is 1.28. The standard InChI is InChI=1S/C13H16FIN2O2S/c1-19-7-6-17(5-4-12(16)20)13(18)10-3-2-9(14)8-11(10)15/h2-3,8H,4-7H2,1H3,(H2,16,20). The Balaban J connectivity index is 2.87. The highest BCUT2D eigenvalue weighted by molar-refractivity contribution is 14.1. The SMILES string of the molecule is COCCN(CCC(N)=S)C(=O)c1ccc(F)cc1I. The van der Waals surface area contributed by atoms with Crippen molar-refractivity contribution >= 4 is 45.7 Å². The summed E-state index contributed by atoms with van der Waals surface area (Å²) in [6, 6.07) is 4.09. The summed E-state index contributed by atoms with van der Waals surface area (Å²) < 4.78 is 18.7. The van der Waals surface area contributed by atoms with Gasteiger partial charge in [-0.3, -0.25) is 4.79 Å². The fourth-order valence-electron chi connectivity index (χ4n) is 1.59. The molecular weight excluding hydrogens is 394 g/mol. The number of methoxy groups -OCH3 is 1. The number of halogens is 2. The lowest BCUT2D eigenvalue weighted by Crippen LogP contribution is -2.36. The van der Waals surface area contributed by atoms with Crippen LogP contribution in [0.4, 0.5) is 4.39 Å². The van der Waals surface area contributed by atoms with Gasteiger partial charge in [0.05, 0.1) is 17.2 Å². The molecule has 2 N–H and O–H groups in total. The summed E-state index contributed by atoms with van der Waals surface area (Å²) in [5.41, 5.74) is 5.93. The van der Waals surface area contributed by atoms with Crippen molar-refractivity contribution in [3.63, 3.8) is 0 Å². The van der Waals surface area contributed by atoms with Gasteiger partial charge < -0.3 is 15.4 Å². The van der Waals surface area contributed by atoms with Crippen LogP contribution in [0.5, 0.6) is 0 Å². The van der Waals surface area contributed by atoms with E-state index >= 15 is 0 Å². The van der Waals surface area contributed by atoms with E-state index in [0.29, 0.717) is 40.2 Å². The van der Waals surface area contributed by atoms with Crippen LogP contribution >= 0.6 is 34.8 Å². The first-order chi connectivity index (χ1) is 9.45. The normalized spacial score (nSPS) is 10.3. The van der Waals surface area contributed by atoms with Crippen LogP contribution in [-0.4, -0.2) is 42.6 Å². The Labute approximate surface area is 136 Å². The van der Waals surface area contributed by atoms with Crippen molar-refractivity contribution in [2.45, 2.75) is 6.42 Å². The van der Waals surface area contributed by atoms with Gasteiger partial charge in [0.2, 0.25) is 0 Å². The van der Waals surface area contributed by atoms with Gasteiger partial charge in [-0.15, -0.1) is 0 Å². The van der Waals surface area contributed by atoms with Gasteiger partial charge in [0.15, 0.2) is 0 Å². The molecule has 0 radical (unpaired) electrons. The van der Waals surface area contributed by atoms with Crippen LogP contribution < -0.4 is 5.73 Å². The number of rotatable bonds is 7. The van der Waals surface area contributed by atoms with Crippen LogP contribution in [0.3, 0.4) is 0 Å². The van der Waals surface area contributed by atoms with Crippen molar-refractivity contribution in [2.24, 2.45) is 5.73 Å². The predicted octanol–water partition coefficient (Wildman–Crippen LogP) is 2.20. The molecule has 7 heteroatoms.